The standard InChI is InChI=1S/C15H30N2O3S/c1-7-11(4)14-15(18)17(12(5)9-21(6,19)20)13(16-14)8-10(2)3/h10-14,16H,7-9H2,1-6H3. The van der Waals surface area contributed by atoms with Gasteiger partial charge in [-0.25, -0.2) is 8.42 Å². The highest BCUT2D eigenvalue weighted by atomic mass is 32.2. The van der Waals surface area contributed by atoms with E-state index in [4.69, 9.17) is 0 Å². The Hall–Kier alpha value is -0.620. The minimum atomic E-state index is -3.10. The van der Waals surface area contributed by atoms with Crippen LogP contribution >= 0.6 is 0 Å². The number of nitrogens with one attached hydrogen (secondary N) is 1. The molecule has 21 heavy (non-hydrogen) atoms. The number of hydrogen-bond donors (Lipinski definition) is 1. The normalized spacial score (nSPS) is 26.4. The molecule has 0 radical (unpaired) electrons. The third kappa shape index (κ3) is 4.95. The zero-order valence-electron chi connectivity index (χ0n) is 14.1. The van der Waals surface area contributed by atoms with Gasteiger partial charge >= 0.3 is 0 Å². The van der Waals surface area contributed by atoms with Gasteiger partial charge in [0.15, 0.2) is 0 Å². The van der Waals surface area contributed by atoms with E-state index in [2.05, 4.69) is 33.0 Å². The molecule has 124 valence electrons. The molecule has 1 amide bonds. The third-order valence-electron chi connectivity index (χ3n) is 4.15. The zero-order valence-corrected chi connectivity index (χ0v) is 14.9. The minimum Gasteiger partial charge on any atom is -0.322 e. The number of rotatable bonds is 7. The van der Waals surface area contributed by atoms with Crippen LogP contribution in [0.3, 0.4) is 0 Å². The fourth-order valence-electron chi connectivity index (χ4n) is 2.99. The summed E-state index contributed by atoms with van der Waals surface area (Å²) in [5.74, 6) is 0.759. The maximum Gasteiger partial charge on any atom is 0.241 e. The molecular weight excluding hydrogens is 288 g/mol. The molecule has 4 atom stereocenters. The van der Waals surface area contributed by atoms with Crippen molar-refractivity contribution in [3.05, 3.63) is 0 Å². The fourth-order valence-corrected chi connectivity index (χ4v) is 4.02. The summed E-state index contributed by atoms with van der Waals surface area (Å²) in [7, 11) is -3.10. The molecule has 0 aromatic rings. The lowest BCUT2D eigenvalue weighted by molar-refractivity contribution is -0.132. The van der Waals surface area contributed by atoms with Crippen LogP contribution in [0.15, 0.2) is 0 Å². The van der Waals surface area contributed by atoms with Crippen LogP contribution < -0.4 is 5.32 Å². The van der Waals surface area contributed by atoms with Crippen LogP contribution in [0.4, 0.5) is 0 Å². The summed E-state index contributed by atoms with van der Waals surface area (Å²) >= 11 is 0. The number of carbonyl (C=O) groups excluding carboxylic acids is 1. The van der Waals surface area contributed by atoms with E-state index in [1.807, 2.05) is 6.92 Å². The van der Waals surface area contributed by atoms with Crippen molar-refractivity contribution in [2.24, 2.45) is 11.8 Å². The SMILES string of the molecule is CCC(C)C1NC(CC(C)C)N(C(C)CS(C)(=O)=O)C1=O. The van der Waals surface area contributed by atoms with E-state index >= 15 is 0 Å². The van der Waals surface area contributed by atoms with E-state index in [0.29, 0.717) is 5.92 Å². The molecule has 0 spiro atoms. The first-order valence-corrected chi connectivity index (χ1v) is 9.88. The largest absolute Gasteiger partial charge is 0.322 e. The van der Waals surface area contributed by atoms with E-state index in [9.17, 15) is 13.2 Å². The average Bonchev–Trinajstić information content (AvgIpc) is 2.62. The summed E-state index contributed by atoms with van der Waals surface area (Å²) in [6.45, 7) is 10.2. The van der Waals surface area contributed by atoms with E-state index in [0.717, 1.165) is 12.8 Å². The van der Waals surface area contributed by atoms with Crippen molar-refractivity contribution in [3.8, 4) is 0 Å². The summed E-state index contributed by atoms with van der Waals surface area (Å²) in [4.78, 5) is 14.5. The van der Waals surface area contributed by atoms with Crippen LogP contribution in [0.25, 0.3) is 0 Å². The Morgan fingerprint density at radius 2 is 1.81 bits per heavy atom. The number of amides is 1. The summed E-state index contributed by atoms with van der Waals surface area (Å²) in [6.07, 6.45) is 2.92. The van der Waals surface area contributed by atoms with Crippen LogP contribution in [0.1, 0.15) is 47.5 Å². The lowest BCUT2D eigenvalue weighted by atomic mass is 9.99. The molecule has 0 saturated carbocycles. The van der Waals surface area contributed by atoms with E-state index in [-0.39, 0.29) is 35.8 Å². The van der Waals surface area contributed by atoms with Gasteiger partial charge in [0.1, 0.15) is 9.84 Å². The van der Waals surface area contributed by atoms with Gasteiger partial charge < -0.3 is 4.90 Å². The molecule has 1 aliphatic heterocycles. The first kappa shape index (κ1) is 18.4. The maximum atomic E-state index is 12.7. The van der Waals surface area contributed by atoms with Gasteiger partial charge in [0, 0.05) is 12.3 Å². The van der Waals surface area contributed by atoms with Gasteiger partial charge in [0.2, 0.25) is 5.91 Å². The third-order valence-corrected chi connectivity index (χ3v) is 5.24. The molecule has 5 nitrogen and oxygen atoms in total. The fraction of sp³-hybridized carbons (Fsp3) is 0.933. The topological polar surface area (TPSA) is 66.5 Å². The summed E-state index contributed by atoms with van der Waals surface area (Å²) in [6, 6.07) is -0.487. The number of sulfone groups is 1. The van der Waals surface area contributed by atoms with Crippen molar-refractivity contribution in [1.29, 1.82) is 0 Å². The highest BCUT2D eigenvalue weighted by molar-refractivity contribution is 7.90. The second kappa shape index (κ2) is 7.09. The molecule has 1 heterocycles. The Labute approximate surface area is 129 Å². The van der Waals surface area contributed by atoms with Gasteiger partial charge in [-0.1, -0.05) is 34.1 Å². The van der Waals surface area contributed by atoms with E-state index < -0.39 is 9.84 Å². The van der Waals surface area contributed by atoms with Gasteiger partial charge in [-0.05, 0) is 25.2 Å². The molecule has 0 bridgehead atoms. The van der Waals surface area contributed by atoms with Crippen molar-refractivity contribution in [2.45, 2.75) is 65.7 Å². The molecule has 1 N–H and O–H groups in total. The summed E-state index contributed by atoms with van der Waals surface area (Å²) in [5.41, 5.74) is 0. The lowest BCUT2D eigenvalue weighted by Gasteiger charge is -2.31. The van der Waals surface area contributed by atoms with Crippen molar-refractivity contribution >= 4 is 15.7 Å². The Bertz CT molecular complexity index is 462. The van der Waals surface area contributed by atoms with Gasteiger partial charge in [0.05, 0.1) is 18.0 Å². The number of carbonyl (C=O) groups is 1. The lowest BCUT2D eigenvalue weighted by Crippen LogP contribution is -2.46. The quantitative estimate of drug-likeness (QED) is 0.775. The summed E-state index contributed by atoms with van der Waals surface area (Å²) in [5, 5.41) is 3.42. The Morgan fingerprint density at radius 3 is 2.24 bits per heavy atom. The maximum absolute atomic E-state index is 12.7. The number of nitrogens with zero attached hydrogens (tertiary/aromatic N) is 1. The van der Waals surface area contributed by atoms with Crippen LogP contribution in [0.5, 0.6) is 0 Å². The molecule has 4 unspecified atom stereocenters. The molecule has 0 aromatic carbocycles. The monoisotopic (exact) mass is 318 g/mol. The Morgan fingerprint density at radius 1 is 1.24 bits per heavy atom. The van der Waals surface area contributed by atoms with Crippen LogP contribution in [0.2, 0.25) is 0 Å². The molecule has 1 rings (SSSR count). The van der Waals surface area contributed by atoms with Gasteiger partial charge in [-0.15, -0.1) is 0 Å². The zero-order chi connectivity index (χ0) is 16.4. The van der Waals surface area contributed by atoms with Crippen molar-refractivity contribution in [3.63, 3.8) is 0 Å². The molecule has 0 aromatic heterocycles. The smallest absolute Gasteiger partial charge is 0.241 e. The van der Waals surface area contributed by atoms with Crippen LogP contribution in [0, 0.1) is 11.8 Å². The van der Waals surface area contributed by atoms with Crippen LogP contribution in [-0.2, 0) is 14.6 Å². The van der Waals surface area contributed by atoms with Gasteiger partial charge in [0.25, 0.3) is 0 Å². The average molecular weight is 318 g/mol. The molecule has 1 fully saturated rings. The predicted octanol–water partition coefficient (Wildman–Crippen LogP) is 1.64. The van der Waals surface area contributed by atoms with Crippen molar-refractivity contribution in [1.82, 2.24) is 10.2 Å². The highest BCUT2D eigenvalue weighted by Gasteiger charge is 2.43. The predicted molar refractivity (Wildman–Crippen MR) is 85.6 cm³/mol. The molecule has 1 saturated heterocycles. The Balaban J connectivity index is 2.96. The van der Waals surface area contributed by atoms with E-state index in [1.165, 1.54) is 6.26 Å². The van der Waals surface area contributed by atoms with Gasteiger partial charge in [-0.3, -0.25) is 10.1 Å². The molecule has 6 heteroatoms. The minimum absolute atomic E-state index is 0.0161. The Kier molecular flexibility index (Phi) is 6.23. The highest BCUT2D eigenvalue weighted by Crippen LogP contribution is 2.25. The van der Waals surface area contributed by atoms with Crippen molar-refractivity contribution < 1.29 is 13.2 Å². The summed E-state index contributed by atoms with van der Waals surface area (Å²) < 4.78 is 23.1. The first-order valence-electron chi connectivity index (χ1n) is 7.82. The number of hydrogen-bond acceptors (Lipinski definition) is 4. The molecule has 0 aliphatic carbocycles. The second-order valence-corrected chi connectivity index (χ2v) is 9.05. The van der Waals surface area contributed by atoms with Gasteiger partial charge in [-0.2, -0.15) is 0 Å². The molecule has 1 aliphatic rings. The second-order valence-electron chi connectivity index (χ2n) is 6.86. The van der Waals surface area contributed by atoms with Crippen molar-refractivity contribution in [2.75, 3.05) is 12.0 Å². The molecular formula is C15H30N2O3S. The van der Waals surface area contributed by atoms with E-state index in [1.54, 1.807) is 4.90 Å². The van der Waals surface area contributed by atoms with Crippen LogP contribution in [-0.4, -0.2) is 49.5 Å². The first-order chi connectivity index (χ1) is 9.56.